The number of amides is 1. The van der Waals surface area contributed by atoms with Crippen molar-refractivity contribution in [1.29, 1.82) is 5.26 Å². The highest BCUT2D eigenvalue weighted by atomic mass is 35.5. The van der Waals surface area contributed by atoms with Crippen LogP contribution in [-0.4, -0.2) is 23.9 Å². The number of anilines is 1. The molecule has 1 aliphatic heterocycles. The minimum atomic E-state index is 0.0914. The van der Waals surface area contributed by atoms with Crippen molar-refractivity contribution in [2.45, 2.75) is 64.7 Å². The molecule has 0 aromatic heterocycles. The minimum Gasteiger partial charge on any atom is -0.399 e. The second-order valence-corrected chi connectivity index (χ2v) is 11.1. The number of nitrogen functional groups attached to an aromatic ring is 1. The number of nitriles is 1. The van der Waals surface area contributed by atoms with Gasteiger partial charge >= 0.3 is 0 Å². The Balaban J connectivity index is 1.49. The molecule has 5 heteroatoms. The third-order valence-corrected chi connectivity index (χ3v) is 8.53. The average molecular weight is 478 g/mol. The summed E-state index contributed by atoms with van der Waals surface area (Å²) < 4.78 is 0. The number of hydrogen-bond acceptors (Lipinski definition) is 3. The predicted molar refractivity (Wildman–Crippen MR) is 139 cm³/mol. The highest BCUT2D eigenvalue weighted by Gasteiger charge is 2.41. The summed E-state index contributed by atoms with van der Waals surface area (Å²) in [5.74, 6) is 1.35. The fourth-order valence-corrected chi connectivity index (χ4v) is 6.37. The molecule has 1 saturated heterocycles. The van der Waals surface area contributed by atoms with Gasteiger partial charge in [-0.05, 0) is 78.8 Å². The van der Waals surface area contributed by atoms with Gasteiger partial charge in [0, 0.05) is 24.3 Å². The zero-order valence-electron chi connectivity index (χ0n) is 20.2. The van der Waals surface area contributed by atoms with Gasteiger partial charge in [0.15, 0.2) is 0 Å². The number of carbonyl (C=O) groups excluding carboxylic acids is 1. The van der Waals surface area contributed by atoms with Crippen molar-refractivity contribution in [1.82, 2.24) is 4.90 Å². The second kappa shape index (κ2) is 10.8. The molecule has 2 atom stereocenters. The topological polar surface area (TPSA) is 70.1 Å². The third-order valence-electron chi connectivity index (χ3n) is 8.21. The quantitative estimate of drug-likeness (QED) is 0.442. The molecule has 4 nitrogen and oxygen atoms in total. The number of benzene rings is 2. The molecule has 2 aliphatic rings. The average Bonchev–Trinajstić information content (AvgIpc) is 3.34. The zero-order valence-corrected chi connectivity index (χ0v) is 21.0. The molecule has 1 aliphatic carbocycles. The number of nitrogens with zero attached hydrogens (tertiary/aromatic N) is 2. The third kappa shape index (κ3) is 5.76. The smallest absolute Gasteiger partial charge is 0.253 e. The summed E-state index contributed by atoms with van der Waals surface area (Å²) in [5.41, 5.74) is 9.11. The Morgan fingerprint density at radius 1 is 1.18 bits per heavy atom. The number of carbonyl (C=O) groups is 1. The Hall–Kier alpha value is -2.51. The van der Waals surface area contributed by atoms with E-state index in [-0.39, 0.29) is 11.3 Å². The van der Waals surface area contributed by atoms with Crippen LogP contribution in [0, 0.1) is 28.6 Å². The van der Waals surface area contributed by atoms with Crippen molar-refractivity contribution >= 4 is 23.2 Å². The normalized spacial score (nSPS) is 20.6. The maximum atomic E-state index is 13.2. The number of aryl methyl sites for hydroxylation is 1. The predicted octanol–water partition coefficient (Wildman–Crippen LogP) is 6.87. The van der Waals surface area contributed by atoms with Crippen LogP contribution in [0.1, 0.15) is 79.8 Å². The molecule has 0 bridgehead atoms. The number of nitrogens with two attached hydrogens (primary N) is 1. The molecule has 34 heavy (non-hydrogen) atoms. The van der Waals surface area contributed by atoms with Crippen molar-refractivity contribution in [3.63, 3.8) is 0 Å². The monoisotopic (exact) mass is 477 g/mol. The van der Waals surface area contributed by atoms with Crippen LogP contribution in [0.4, 0.5) is 5.69 Å². The van der Waals surface area contributed by atoms with Gasteiger partial charge in [-0.1, -0.05) is 62.8 Å². The minimum absolute atomic E-state index is 0.0914. The van der Waals surface area contributed by atoms with Crippen molar-refractivity contribution < 1.29 is 4.79 Å². The van der Waals surface area contributed by atoms with E-state index in [4.69, 9.17) is 17.3 Å². The Labute approximate surface area is 209 Å². The summed E-state index contributed by atoms with van der Waals surface area (Å²) >= 11 is 6.31. The van der Waals surface area contributed by atoms with Crippen molar-refractivity contribution in [2.24, 2.45) is 17.3 Å². The van der Waals surface area contributed by atoms with Crippen LogP contribution in [0.3, 0.4) is 0 Å². The van der Waals surface area contributed by atoms with Crippen LogP contribution >= 0.6 is 11.6 Å². The summed E-state index contributed by atoms with van der Waals surface area (Å²) in [6.07, 6.45) is 11.0. The molecule has 0 radical (unpaired) electrons. The maximum absolute atomic E-state index is 13.2. The molecule has 180 valence electrons. The van der Waals surface area contributed by atoms with Crippen LogP contribution in [0.2, 0.25) is 5.02 Å². The number of rotatable bonds is 7. The van der Waals surface area contributed by atoms with Gasteiger partial charge in [-0.25, -0.2) is 0 Å². The lowest BCUT2D eigenvalue weighted by Crippen LogP contribution is -2.35. The van der Waals surface area contributed by atoms with E-state index in [1.165, 1.54) is 44.1 Å². The molecule has 1 amide bonds. The molecule has 1 saturated carbocycles. The Morgan fingerprint density at radius 2 is 1.97 bits per heavy atom. The van der Waals surface area contributed by atoms with Crippen LogP contribution in [0.5, 0.6) is 0 Å². The van der Waals surface area contributed by atoms with Crippen LogP contribution in [-0.2, 0) is 6.42 Å². The number of likely N-dealkylation sites (tertiary alicyclic amines) is 1. The number of halogens is 1. The Bertz CT molecular complexity index is 1060. The van der Waals surface area contributed by atoms with E-state index in [0.717, 1.165) is 38.3 Å². The van der Waals surface area contributed by atoms with Gasteiger partial charge in [0.2, 0.25) is 0 Å². The van der Waals surface area contributed by atoms with E-state index in [9.17, 15) is 10.1 Å². The van der Waals surface area contributed by atoms with E-state index < -0.39 is 0 Å². The van der Waals surface area contributed by atoms with Gasteiger partial charge in [0.1, 0.15) is 6.07 Å². The number of hydrogen-bond donors (Lipinski definition) is 1. The van der Waals surface area contributed by atoms with Gasteiger partial charge in [-0.3, -0.25) is 4.79 Å². The largest absolute Gasteiger partial charge is 0.399 e. The Kier molecular flexibility index (Phi) is 7.84. The lowest BCUT2D eigenvalue weighted by atomic mass is 9.65. The lowest BCUT2D eigenvalue weighted by Gasteiger charge is -2.40. The highest BCUT2D eigenvalue weighted by Crippen LogP contribution is 2.46. The van der Waals surface area contributed by atoms with Crippen LogP contribution in [0.15, 0.2) is 42.5 Å². The van der Waals surface area contributed by atoms with E-state index in [2.05, 4.69) is 13.0 Å². The van der Waals surface area contributed by atoms with E-state index in [1.54, 1.807) is 6.07 Å². The van der Waals surface area contributed by atoms with E-state index >= 15 is 0 Å². The summed E-state index contributed by atoms with van der Waals surface area (Å²) in [6.45, 7) is 4.07. The van der Waals surface area contributed by atoms with Crippen LogP contribution < -0.4 is 5.73 Å². The molecule has 0 spiro atoms. The molecule has 2 aromatic rings. The SMILES string of the molecule is C[C@@](CCc1ccc(C#N)c(Cl)c1)(CC1CCCCC1)C1CCN(C(=O)c2cccc(N)c2)C1. The van der Waals surface area contributed by atoms with Gasteiger partial charge < -0.3 is 10.6 Å². The lowest BCUT2D eigenvalue weighted by molar-refractivity contribution is 0.0743. The molecular formula is C29H36ClN3O. The van der Waals surface area contributed by atoms with E-state index in [1.807, 2.05) is 41.3 Å². The molecule has 1 heterocycles. The molecule has 1 unspecified atom stereocenters. The van der Waals surface area contributed by atoms with Crippen molar-refractivity contribution in [3.8, 4) is 6.07 Å². The zero-order chi connectivity index (χ0) is 24.1. The summed E-state index contributed by atoms with van der Waals surface area (Å²) in [6, 6.07) is 15.3. The summed E-state index contributed by atoms with van der Waals surface area (Å²) in [7, 11) is 0. The summed E-state index contributed by atoms with van der Waals surface area (Å²) in [4.78, 5) is 15.2. The highest BCUT2D eigenvalue weighted by molar-refractivity contribution is 6.31. The second-order valence-electron chi connectivity index (χ2n) is 10.7. The van der Waals surface area contributed by atoms with Gasteiger partial charge in [0.05, 0.1) is 10.6 Å². The first-order valence-electron chi connectivity index (χ1n) is 12.7. The first-order valence-corrected chi connectivity index (χ1v) is 13.1. The van der Waals surface area contributed by atoms with Crippen molar-refractivity contribution in [2.75, 3.05) is 18.8 Å². The standard InChI is InChI=1S/C29H36ClN3O/c1-29(18-22-6-3-2-4-7-22,14-12-21-10-11-24(19-31)27(30)16-21)25-13-15-33(20-25)28(34)23-8-5-9-26(32)17-23/h5,8-11,16-17,22,25H,2-4,6-7,12-15,18,20,32H2,1H3/t25?,29-/m1/s1. The molecule has 2 fully saturated rings. The molecule has 2 aromatic carbocycles. The van der Waals surface area contributed by atoms with Crippen molar-refractivity contribution in [3.05, 3.63) is 64.2 Å². The van der Waals surface area contributed by atoms with Crippen LogP contribution in [0.25, 0.3) is 0 Å². The van der Waals surface area contributed by atoms with E-state index in [0.29, 0.717) is 27.8 Å². The first kappa shape index (κ1) is 24.6. The maximum Gasteiger partial charge on any atom is 0.253 e. The van der Waals surface area contributed by atoms with Gasteiger partial charge in [0.25, 0.3) is 5.91 Å². The summed E-state index contributed by atoms with van der Waals surface area (Å²) in [5, 5.41) is 9.72. The Morgan fingerprint density at radius 3 is 2.68 bits per heavy atom. The van der Waals surface area contributed by atoms with Gasteiger partial charge in [-0.15, -0.1) is 0 Å². The first-order chi connectivity index (χ1) is 16.4. The molecular weight excluding hydrogens is 442 g/mol. The fourth-order valence-electron chi connectivity index (χ4n) is 6.13. The molecule has 2 N–H and O–H groups in total. The van der Waals surface area contributed by atoms with Gasteiger partial charge in [-0.2, -0.15) is 5.26 Å². The fraction of sp³-hybridized carbons (Fsp3) is 0.517. The molecule has 4 rings (SSSR count).